The lowest BCUT2D eigenvalue weighted by Crippen LogP contribution is -2.24. The highest BCUT2D eigenvalue weighted by Gasteiger charge is 2.15. The van der Waals surface area contributed by atoms with E-state index >= 15 is 0 Å². The van der Waals surface area contributed by atoms with Crippen molar-refractivity contribution < 1.29 is 33.4 Å². The van der Waals surface area contributed by atoms with Gasteiger partial charge in [0.15, 0.2) is 19.0 Å². The number of para-hydroxylation sites is 1. The second kappa shape index (κ2) is 10.6. The minimum atomic E-state index is -0.757. The molecule has 29 heavy (non-hydrogen) atoms. The summed E-state index contributed by atoms with van der Waals surface area (Å²) in [5, 5.41) is 2.50. The topological polar surface area (TPSA) is 108 Å². The van der Waals surface area contributed by atoms with Crippen LogP contribution >= 0.6 is 0 Å². The Labute approximate surface area is 167 Å². The lowest BCUT2D eigenvalue weighted by Gasteiger charge is -2.11. The van der Waals surface area contributed by atoms with Crippen molar-refractivity contribution in [2.75, 3.05) is 25.1 Å². The molecule has 0 radical (unpaired) electrons. The molecule has 0 aromatic heterocycles. The average molecular weight is 399 g/mol. The molecule has 1 N–H and O–H groups in total. The summed E-state index contributed by atoms with van der Waals surface area (Å²) in [7, 11) is 0. The summed E-state index contributed by atoms with van der Waals surface area (Å²) in [4.78, 5) is 47.1. The fourth-order valence-electron chi connectivity index (χ4n) is 2.30. The van der Waals surface area contributed by atoms with Crippen LogP contribution in [0, 0.1) is 0 Å². The Bertz CT molecular complexity index is 907. The van der Waals surface area contributed by atoms with Gasteiger partial charge >= 0.3 is 11.9 Å². The monoisotopic (exact) mass is 399 g/mol. The van der Waals surface area contributed by atoms with E-state index in [2.05, 4.69) is 5.32 Å². The highest BCUT2D eigenvalue weighted by molar-refractivity contribution is 6.01. The molecule has 1 amide bonds. The number of carbonyl (C=O) groups excluding carboxylic acids is 4. The van der Waals surface area contributed by atoms with Gasteiger partial charge in [0.1, 0.15) is 5.75 Å². The Balaban J connectivity index is 1.84. The number of hydrogen-bond acceptors (Lipinski definition) is 7. The molecule has 0 unspecified atom stereocenters. The summed E-state index contributed by atoms with van der Waals surface area (Å²) < 4.78 is 15.1. The highest BCUT2D eigenvalue weighted by Crippen LogP contribution is 2.16. The lowest BCUT2D eigenvalue weighted by molar-refractivity contribution is -0.149. The Kier molecular flexibility index (Phi) is 7.90. The molecular formula is C21H21NO7. The van der Waals surface area contributed by atoms with Gasteiger partial charge in [-0.1, -0.05) is 24.3 Å². The highest BCUT2D eigenvalue weighted by atomic mass is 16.6. The van der Waals surface area contributed by atoms with E-state index in [9.17, 15) is 19.2 Å². The summed E-state index contributed by atoms with van der Waals surface area (Å²) in [5.74, 6) is -1.73. The third kappa shape index (κ3) is 6.76. The van der Waals surface area contributed by atoms with Crippen molar-refractivity contribution in [2.45, 2.75) is 13.8 Å². The Morgan fingerprint density at radius 3 is 2.41 bits per heavy atom. The van der Waals surface area contributed by atoms with Crippen LogP contribution in [0.25, 0.3) is 0 Å². The number of ether oxygens (including phenoxy) is 3. The van der Waals surface area contributed by atoms with Crippen molar-refractivity contribution in [2.24, 2.45) is 0 Å². The molecule has 0 aliphatic heterocycles. The fraction of sp³-hybridized carbons (Fsp3) is 0.238. The summed E-state index contributed by atoms with van der Waals surface area (Å²) in [6.07, 6.45) is 0. The first kappa shape index (κ1) is 21.6. The molecule has 0 aliphatic carbocycles. The zero-order valence-electron chi connectivity index (χ0n) is 16.1. The number of hydrogen-bond donors (Lipinski definition) is 1. The van der Waals surface area contributed by atoms with Crippen molar-refractivity contribution in [3.8, 4) is 5.75 Å². The van der Waals surface area contributed by atoms with Crippen molar-refractivity contribution in [3.63, 3.8) is 0 Å². The molecule has 0 aliphatic rings. The predicted molar refractivity (Wildman–Crippen MR) is 104 cm³/mol. The molecule has 2 rings (SSSR count). The maximum atomic E-state index is 12.0. The summed E-state index contributed by atoms with van der Waals surface area (Å²) in [6, 6.07) is 12.7. The minimum absolute atomic E-state index is 0.127. The molecule has 2 aromatic carbocycles. The van der Waals surface area contributed by atoms with E-state index in [0.29, 0.717) is 11.3 Å². The van der Waals surface area contributed by atoms with E-state index in [4.69, 9.17) is 14.2 Å². The van der Waals surface area contributed by atoms with Gasteiger partial charge in [-0.25, -0.2) is 9.59 Å². The number of esters is 2. The second-order valence-electron chi connectivity index (χ2n) is 5.85. The maximum absolute atomic E-state index is 12.0. The smallest absolute Gasteiger partial charge is 0.344 e. The molecule has 0 saturated carbocycles. The van der Waals surface area contributed by atoms with Crippen molar-refractivity contribution in [1.82, 2.24) is 0 Å². The first-order valence-electron chi connectivity index (χ1n) is 8.86. The fourth-order valence-corrected chi connectivity index (χ4v) is 2.30. The number of amides is 1. The van der Waals surface area contributed by atoms with Crippen molar-refractivity contribution >= 4 is 29.3 Å². The van der Waals surface area contributed by atoms with Crippen LogP contribution in [0.2, 0.25) is 0 Å². The first-order chi connectivity index (χ1) is 13.9. The van der Waals surface area contributed by atoms with Crippen LogP contribution in [0.15, 0.2) is 48.5 Å². The number of ketones is 1. The van der Waals surface area contributed by atoms with E-state index in [0.717, 1.165) is 0 Å². The SMILES string of the molecule is CCOC(=O)c1ccccc1NC(=O)COC(=O)COc1cccc(C(C)=O)c1. The number of rotatable bonds is 9. The largest absolute Gasteiger partial charge is 0.482 e. The van der Waals surface area contributed by atoms with Gasteiger partial charge in [-0.15, -0.1) is 0 Å². The number of Topliss-reactive ketones (excluding diaryl/α,β-unsaturated/α-hetero) is 1. The number of benzene rings is 2. The zero-order chi connectivity index (χ0) is 21.2. The first-order valence-corrected chi connectivity index (χ1v) is 8.86. The number of nitrogens with one attached hydrogen (secondary N) is 1. The third-order valence-corrected chi connectivity index (χ3v) is 3.66. The summed E-state index contributed by atoms with van der Waals surface area (Å²) >= 11 is 0. The molecule has 0 spiro atoms. The maximum Gasteiger partial charge on any atom is 0.344 e. The minimum Gasteiger partial charge on any atom is -0.482 e. The quantitative estimate of drug-likeness (QED) is 0.510. The number of carbonyl (C=O) groups is 4. The lowest BCUT2D eigenvalue weighted by atomic mass is 10.1. The van der Waals surface area contributed by atoms with Gasteiger partial charge in [0.2, 0.25) is 0 Å². The van der Waals surface area contributed by atoms with Crippen molar-refractivity contribution in [1.29, 1.82) is 0 Å². The molecule has 0 saturated heterocycles. The van der Waals surface area contributed by atoms with Crippen LogP contribution in [0.3, 0.4) is 0 Å². The van der Waals surface area contributed by atoms with Crippen LogP contribution in [-0.4, -0.2) is 43.4 Å². The van der Waals surface area contributed by atoms with Gasteiger partial charge in [-0.2, -0.15) is 0 Å². The molecule has 0 fully saturated rings. The van der Waals surface area contributed by atoms with E-state index < -0.39 is 31.1 Å². The van der Waals surface area contributed by atoms with E-state index in [1.54, 1.807) is 37.3 Å². The van der Waals surface area contributed by atoms with Gasteiger partial charge in [0, 0.05) is 5.56 Å². The van der Waals surface area contributed by atoms with Crippen LogP contribution in [-0.2, 0) is 19.1 Å². The Hall–Kier alpha value is -3.68. The predicted octanol–water partition coefficient (Wildman–Crippen LogP) is 2.63. The van der Waals surface area contributed by atoms with Crippen LogP contribution in [0.4, 0.5) is 5.69 Å². The van der Waals surface area contributed by atoms with Gasteiger partial charge < -0.3 is 19.5 Å². The summed E-state index contributed by atoms with van der Waals surface area (Å²) in [5.41, 5.74) is 0.905. The van der Waals surface area contributed by atoms with E-state index in [1.807, 2.05) is 0 Å². The van der Waals surface area contributed by atoms with Crippen LogP contribution in [0.5, 0.6) is 5.75 Å². The van der Waals surface area contributed by atoms with Gasteiger partial charge in [0.05, 0.1) is 17.9 Å². The molecule has 0 bridgehead atoms. The van der Waals surface area contributed by atoms with Crippen LogP contribution < -0.4 is 10.1 Å². The van der Waals surface area contributed by atoms with Gasteiger partial charge in [0.25, 0.3) is 5.91 Å². The van der Waals surface area contributed by atoms with E-state index in [1.165, 1.54) is 25.1 Å². The molecule has 0 heterocycles. The molecule has 152 valence electrons. The molecule has 0 atom stereocenters. The van der Waals surface area contributed by atoms with Gasteiger partial charge in [-0.3, -0.25) is 9.59 Å². The van der Waals surface area contributed by atoms with Gasteiger partial charge in [-0.05, 0) is 38.1 Å². The normalized spacial score (nSPS) is 10.0. The van der Waals surface area contributed by atoms with Crippen LogP contribution in [0.1, 0.15) is 34.6 Å². The third-order valence-electron chi connectivity index (χ3n) is 3.66. The molecule has 2 aromatic rings. The molecule has 8 heteroatoms. The standard InChI is InChI=1S/C21H21NO7/c1-3-27-21(26)17-9-4-5-10-18(17)22-19(24)12-29-20(25)13-28-16-8-6-7-15(11-16)14(2)23/h4-11H,3,12-13H2,1-2H3,(H,22,24). The second-order valence-corrected chi connectivity index (χ2v) is 5.85. The molecular weight excluding hydrogens is 378 g/mol. The van der Waals surface area contributed by atoms with E-state index in [-0.39, 0.29) is 23.6 Å². The molecule has 8 nitrogen and oxygen atoms in total. The number of anilines is 1. The zero-order valence-corrected chi connectivity index (χ0v) is 16.1. The average Bonchev–Trinajstić information content (AvgIpc) is 2.71. The Morgan fingerprint density at radius 2 is 1.69 bits per heavy atom. The Morgan fingerprint density at radius 1 is 0.931 bits per heavy atom. The summed E-state index contributed by atoms with van der Waals surface area (Å²) in [6.45, 7) is 2.33. The van der Waals surface area contributed by atoms with Crippen molar-refractivity contribution in [3.05, 3.63) is 59.7 Å².